The molecule has 0 unspecified atom stereocenters. The Balaban J connectivity index is 1.40. The fraction of sp³-hybridized carbons (Fsp3) is 0.474. The molecular weight excluding hydrogens is 317 g/mol. The Morgan fingerprint density at radius 1 is 1.28 bits per heavy atom. The van der Waals surface area contributed by atoms with Gasteiger partial charge in [-0.05, 0) is 69.5 Å². The van der Waals surface area contributed by atoms with Crippen LogP contribution in [0.2, 0.25) is 0 Å². The minimum absolute atomic E-state index is 0.190. The fourth-order valence-electron chi connectivity index (χ4n) is 3.73. The van der Waals surface area contributed by atoms with Crippen LogP contribution in [0.25, 0.3) is 10.9 Å². The van der Waals surface area contributed by atoms with E-state index in [1.807, 2.05) is 16.9 Å². The highest BCUT2D eigenvalue weighted by atomic mass is 19.1. The van der Waals surface area contributed by atoms with Crippen molar-refractivity contribution in [3.8, 4) is 0 Å². The third kappa shape index (κ3) is 3.31. The van der Waals surface area contributed by atoms with Crippen molar-refractivity contribution in [3.05, 3.63) is 47.7 Å². The van der Waals surface area contributed by atoms with Crippen molar-refractivity contribution < 1.29 is 4.39 Å². The highest BCUT2D eigenvalue weighted by Gasteiger charge is 2.23. The molecule has 1 N–H and O–H groups in total. The summed E-state index contributed by atoms with van der Waals surface area (Å²) in [6, 6.07) is 5.37. The van der Waals surface area contributed by atoms with Crippen LogP contribution in [0.1, 0.15) is 49.9 Å². The van der Waals surface area contributed by atoms with Gasteiger partial charge in [0, 0.05) is 29.7 Å². The number of rotatable bonds is 4. The van der Waals surface area contributed by atoms with E-state index in [1.165, 1.54) is 5.56 Å². The maximum atomic E-state index is 13.4. The van der Waals surface area contributed by atoms with Crippen molar-refractivity contribution in [1.29, 1.82) is 0 Å². The first-order valence-electron chi connectivity index (χ1n) is 9.00. The summed E-state index contributed by atoms with van der Waals surface area (Å²) in [4.78, 5) is 5.66. The third-order valence-electron chi connectivity index (χ3n) is 5.18. The lowest BCUT2D eigenvalue weighted by Crippen LogP contribution is -2.32. The van der Waals surface area contributed by atoms with Gasteiger partial charge in [-0.1, -0.05) is 5.21 Å². The van der Waals surface area contributed by atoms with Crippen LogP contribution in [0, 0.1) is 5.82 Å². The molecule has 1 aromatic carbocycles. The lowest BCUT2D eigenvalue weighted by molar-refractivity contribution is 0.203. The number of fused-ring (bicyclic) bond motifs is 1. The Kier molecular flexibility index (Phi) is 4.29. The first-order chi connectivity index (χ1) is 12.1. The standard InChI is InChI=1S/C19H24FN5/c1-13(2)25-12-16(22-23-25)11-24-7-5-14(6-8-24)18-10-21-19-9-15(20)3-4-17(18)19/h3-4,9-10,12-14,21H,5-8,11H2,1-2H3. The SMILES string of the molecule is CC(C)n1cc(CN2CCC(c3c[nH]c4cc(F)ccc34)CC2)nn1. The zero-order chi connectivity index (χ0) is 17.4. The zero-order valence-electron chi connectivity index (χ0n) is 14.7. The molecule has 6 heteroatoms. The number of hydrogen-bond donors (Lipinski definition) is 1. The van der Waals surface area contributed by atoms with Gasteiger partial charge in [-0.15, -0.1) is 5.10 Å². The summed E-state index contributed by atoms with van der Waals surface area (Å²) in [5.74, 6) is 0.340. The van der Waals surface area contributed by atoms with Crippen molar-refractivity contribution in [3.63, 3.8) is 0 Å². The Labute approximate surface area is 146 Å². The normalized spacial score (nSPS) is 17.0. The van der Waals surface area contributed by atoms with Crippen LogP contribution >= 0.6 is 0 Å². The Bertz CT molecular complexity index is 858. The molecule has 1 fully saturated rings. The van der Waals surface area contributed by atoms with Crippen molar-refractivity contribution in [1.82, 2.24) is 24.9 Å². The molecule has 1 aliphatic heterocycles. The number of nitrogens with one attached hydrogen (secondary N) is 1. The summed E-state index contributed by atoms with van der Waals surface area (Å²) in [5, 5.41) is 9.62. The number of benzene rings is 1. The molecular formula is C19H24FN5. The van der Waals surface area contributed by atoms with Crippen LogP contribution in [-0.2, 0) is 6.54 Å². The predicted octanol–water partition coefficient (Wildman–Crippen LogP) is 3.86. The summed E-state index contributed by atoms with van der Waals surface area (Å²) in [7, 11) is 0. The molecule has 2 aromatic heterocycles. The van der Waals surface area contributed by atoms with E-state index in [0.29, 0.717) is 12.0 Å². The molecule has 25 heavy (non-hydrogen) atoms. The van der Waals surface area contributed by atoms with Gasteiger partial charge in [0.25, 0.3) is 0 Å². The smallest absolute Gasteiger partial charge is 0.125 e. The van der Waals surface area contributed by atoms with E-state index in [2.05, 4.69) is 40.2 Å². The molecule has 0 spiro atoms. The molecule has 0 amide bonds. The molecule has 1 saturated heterocycles. The molecule has 0 aliphatic carbocycles. The van der Waals surface area contributed by atoms with Crippen LogP contribution in [-0.4, -0.2) is 38.0 Å². The van der Waals surface area contributed by atoms with E-state index < -0.39 is 0 Å². The second kappa shape index (κ2) is 6.59. The van der Waals surface area contributed by atoms with Crippen molar-refractivity contribution in [2.45, 2.75) is 45.2 Å². The topological polar surface area (TPSA) is 49.7 Å². The van der Waals surface area contributed by atoms with Crippen molar-refractivity contribution in [2.75, 3.05) is 13.1 Å². The molecule has 5 nitrogen and oxygen atoms in total. The van der Waals surface area contributed by atoms with Crippen LogP contribution in [0.5, 0.6) is 0 Å². The van der Waals surface area contributed by atoms with E-state index >= 15 is 0 Å². The Hall–Kier alpha value is -2.21. The molecule has 0 saturated carbocycles. The van der Waals surface area contributed by atoms with Gasteiger partial charge in [0.2, 0.25) is 0 Å². The number of nitrogens with zero attached hydrogens (tertiary/aromatic N) is 4. The molecule has 1 aliphatic rings. The highest BCUT2D eigenvalue weighted by Crippen LogP contribution is 2.33. The number of aromatic amines is 1. The number of hydrogen-bond acceptors (Lipinski definition) is 3. The number of H-pyrrole nitrogens is 1. The molecule has 0 atom stereocenters. The van der Waals surface area contributed by atoms with Crippen molar-refractivity contribution in [2.24, 2.45) is 0 Å². The minimum Gasteiger partial charge on any atom is -0.361 e. The lowest BCUT2D eigenvalue weighted by atomic mass is 9.89. The maximum absolute atomic E-state index is 13.4. The van der Waals surface area contributed by atoms with Crippen LogP contribution in [0.3, 0.4) is 0 Å². The molecule has 0 bridgehead atoms. The van der Waals surface area contributed by atoms with E-state index in [-0.39, 0.29) is 5.82 Å². The number of halogens is 1. The summed E-state index contributed by atoms with van der Waals surface area (Å²) in [6.07, 6.45) is 6.33. The van der Waals surface area contributed by atoms with Gasteiger partial charge in [-0.2, -0.15) is 0 Å². The second-order valence-corrected chi connectivity index (χ2v) is 7.27. The predicted molar refractivity (Wildman–Crippen MR) is 95.9 cm³/mol. The van der Waals surface area contributed by atoms with Crippen LogP contribution < -0.4 is 0 Å². The fourth-order valence-corrected chi connectivity index (χ4v) is 3.73. The monoisotopic (exact) mass is 341 g/mol. The van der Waals surface area contributed by atoms with Gasteiger partial charge in [-0.3, -0.25) is 4.90 Å². The summed E-state index contributed by atoms with van der Waals surface area (Å²) < 4.78 is 15.3. The van der Waals surface area contributed by atoms with E-state index in [4.69, 9.17) is 0 Å². The van der Waals surface area contributed by atoms with Gasteiger partial charge in [0.15, 0.2) is 0 Å². The maximum Gasteiger partial charge on any atom is 0.125 e. The van der Waals surface area contributed by atoms with Gasteiger partial charge in [0.05, 0.1) is 11.9 Å². The summed E-state index contributed by atoms with van der Waals surface area (Å²) in [5.41, 5.74) is 3.25. The van der Waals surface area contributed by atoms with E-state index in [0.717, 1.165) is 49.1 Å². The number of aromatic nitrogens is 4. The van der Waals surface area contributed by atoms with Crippen molar-refractivity contribution >= 4 is 10.9 Å². The van der Waals surface area contributed by atoms with Crippen LogP contribution in [0.4, 0.5) is 4.39 Å². The van der Waals surface area contributed by atoms with Gasteiger partial charge >= 0.3 is 0 Å². The third-order valence-corrected chi connectivity index (χ3v) is 5.18. The Morgan fingerprint density at radius 2 is 2.08 bits per heavy atom. The molecule has 4 rings (SSSR count). The van der Waals surface area contributed by atoms with Crippen LogP contribution in [0.15, 0.2) is 30.6 Å². The highest BCUT2D eigenvalue weighted by molar-refractivity contribution is 5.83. The van der Waals surface area contributed by atoms with Gasteiger partial charge in [0.1, 0.15) is 5.82 Å². The largest absolute Gasteiger partial charge is 0.361 e. The first-order valence-corrected chi connectivity index (χ1v) is 9.00. The van der Waals surface area contributed by atoms with E-state index in [9.17, 15) is 4.39 Å². The molecule has 132 valence electrons. The Morgan fingerprint density at radius 3 is 2.80 bits per heavy atom. The van der Waals surface area contributed by atoms with E-state index in [1.54, 1.807) is 12.1 Å². The minimum atomic E-state index is -0.190. The second-order valence-electron chi connectivity index (χ2n) is 7.27. The van der Waals surface area contributed by atoms with Gasteiger partial charge < -0.3 is 4.98 Å². The lowest BCUT2D eigenvalue weighted by Gasteiger charge is -2.31. The molecule has 0 radical (unpaired) electrons. The van der Waals surface area contributed by atoms with Gasteiger partial charge in [-0.25, -0.2) is 9.07 Å². The average Bonchev–Trinajstić information content (AvgIpc) is 3.22. The number of piperidine rings is 1. The average molecular weight is 341 g/mol. The zero-order valence-corrected chi connectivity index (χ0v) is 14.7. The number of likely N-dealkylation sites (tertiary alicyclic amines) is 1. The quantitative estimate of drug-likeness (QED) is 0.784. The first kappa shape index (κ1) is 16.3. The summed E-state index contributed by atoms with van der Waals surface area (Å²) in [6.45, 7) is 7.17. The summed E-state index contributed by atoms with van der Waals surface area (Å²) >= 11 is 0. The molecule has 3 aromatic rings. The molecule has 3 heterocycles.